The Morgan fingerprint density at radius 2 is 2.38 bits per heavy atom. The fraction of sp³-hybridized carbons (Fsp3) is 0.556. The Kier molecular flexibility index (Phi) is 3.32. The van der Waals surface area contributed by atoms with Gasteiger partial charge in [0, 0.05) is 13.0 Å². The van der Waals surface area contributed by atoms with Crippen LogP contribution >= 0.6 is 0 Å². The number of aryl methyl sites for hydroxylation is 1. The number of nitrogens with zero attached hydrogens (tertiary/aromatic N) is 3. The first-order chi connectivity index (χ1) is 6.25. The predicted molar refractivity (Wildman–Crippen MR) is 50.8 cm³/mol. The summed E-state index contributed by atoms with van der Waals surface area (Å²) in [4.78, 5) is 0. The molecule has 0 aliphatic heterocycles. The molecular formula is C9H14N4. The second-order valence-electron chi connectivity index (χ2n) is 3.02. The quantitative estimate of drug-likeness (QED) is 0.710. The van der Waals surface area contributed by atoms with Crippen molar-refractivity contribution in [1.82, 2.24) is 9.78 Å². The first kappa shape index (κ1) is 9.59. The van der Waals surface area contributed by atoms with E-state index in [-0.39, 0.29) is 0 Å². The molecule has 1 aromatic heterocycles. The molecule has 0 spiro atoms. The lowest BCUT2D eigenvalue weighted by Crippen LogP contribution is -2.02. The Bertz CT molecular complexity index is 308. The molecule has 0 atom stereocenters. The molecule has 0 amide bonds. The average Bonchev–Trinajstić information content (AvgIpc) is 2.43. The number of hydrogen-bond donors (Lipinski definition) is 1. The Labute approximate surface area is 78.0 Å². The largest absolute Gasteiger partial charge is 0.396 e. The fourth-order valence-corrected chi connectivity index (χ4v) is 1.15. The van der Waals surface area contributed by atoms with Crippen LogP contribution in [0.4, 0.5) is 5.69 Å². The summed E-state index contributed by atoms with van der Waals surface area (Å²) >= 11 is 0. The molecule has 0 saturated carbocycles. The number of aromatic nitrogens is 2. The van der Waals surface area contributed by atoms with Gasteiger partial charge in [-0.05, 0) is 19.8 Å². The molecule has 2 N–H and O–H groups in total. The SMILES string of the molecule is Cc1c(N)cnn1CCCCC#N. The van der Waals surface area contributed by atoms with Crippen LogP contribution in [-0.2, 0) is 6.54 Å². The normalized spacial score (nSPS) is 9.85. The van der Waals surface area contributed by atoms with Crippen molar-refractivity contribution in [2.75, 3.05) is 5.73 Å². The van der Waals surface area contributed by atoms with E-state index in [0.29, 0.717) is 6.42 Å². The second kappa shape index (κ2) is 4.51. The second-order valence-corrected chi connectivity index (χ2v) is 3.02. The van der Waals surface area contributed by atoms with E-state index in [9.17, 15) is 0 Å². The molecule has 1 heterocycles. The molecule has 0 bridgehead atoms. The molecule has 0 aliphatic rings. The highest BCUT2D eigenvalue weighted by Gasteiger charge is 2.01. The molecule has 0 unspecified atom stereocenters. The van der Waals surface area contributed by atoms with Crippen molar-refractivity contribution < 1.29 is 0 Å². The highest BCUT2D eigenvalue weighted by molar-refractivity contribution is 5.39. The molecular weight excluding hydrogens is 164 g/mol. The third-order valence-electron chi connectivity index (χ3n) is 2.05. The lowest BCUT2D eigenvalue weighted by Gasteiger charge is -2.02. The summed E-state index contributed by atoms with van der Waals surface area (Å²) in [6.07, 6.45) is 4.20. The van der Waals surface area contributed by atoms with E-state index >= 15 is 0 Å². The number of rotatable bonds is 4. The minimum atomic E-state index is 0.621. The Morgan fingerprint density at radius 1 is 1.62 bits per heavy atom. The van der Waals surface area contributed by atoms with Crippen molar-refractivity contribution in [3.63, 3.8) is 0 Å². The van der Waals surface area contributed by atoms with Gasteiger partial charge in [-0.25, -0.2) is 0 Å². The smallest absolute Gasteiger partial charge is 0.0730 e. The van der Waals surface area contributed by atoms with Crippen molar-refractivity contribution in [2.24, 2.45) is 0 Å². The van der Waals surface area contributed by atoms with Gasteiger partial charge in [-0.3, -0.25) is 4.68 Å². The summed E-state index contributed by atoms with van der Waals surface area (Å²) in [5.74, 6) is 0. The summed E-state index contributed by atoms with van der Waals surface area (Å²) in [7, 11) is 0. The van der Waals surface area contributed by atoms with Gasteiger partial charge in [0.1, 0.15) is 0 Å². The molecule has 0 saturated heterocycles. The maximum Gasteiger partial charge on any atom is 0.0730 e. The van der Waals surface area contributed by atoms with Gasteiger partial charge >= 0.3 is 0 Å². The summed E-state index contributed by atoms with van der Waals surface area (Å²) in [6.45, 7) is 2.80. The molecule has 4 nitrogen and oxygen atoms in total. The zero-order valence-electron chi connectivity index (χ0n) is 7.82. The molecule has 1 aromatic rings. The lowest BCUT2D eigenvalue weighted by atomic mass is 10.2. The van der Waals surface area contributed by atoms with Crippen LogP contribution in [-0.4, -0.2) is 9.78 Å². The minimum absolute atomic E-state index is 0.621. The van der Waals surface area contributed by atoms with Crippen molar-refractivity contribution >= 4 is 5.69 Å². The van der Waals surface area contributed by atoms with E-state index in [4.69, 9.17) is 11.0 Å². The number of hydrogen-bond acceptors (Lipinski definition) is 3. The van der Waals surface area contributed by atoms with Crippen LogP contribution in [0.1, 0.15) is 25.0 Å². The molecule has 4 heteroatoms. The predicted octanol–water partition coefficient (Wildman–Crippen LogP) is 1.47. The Hall–Kier alpha value is -1.50. The van der Waals surface area contributed by atoms with Crippen LogP contribution in [0, 0.1) is 18.3 Å². The number of nitrogens with two attached hydrogens (primary N) is 1. The van der Waals surface area contributed by atoms with E-state index in [1.165, 1.54) is 0 Å². The number of anilines is 1. The van der Waals surface area contributed by atoms with Crippen LogP contribution in [0.5, 0.6) is 0 Å². The maximum atomic E-state index is 8.33. The van der Waals surface area contributed by atoms with Gasteiger partial charge in [0.05, 0.1) is 23.6 Å². The first-order valence-electron chi connectivity index (χ1n) is 4.40. The number of unbranched alkanes of at least 4 members (excludes halogenated alkanes) is 2. The molecule has 1 rings (SSSR count). The van der Waals surface area contributed by atoms with E-state index < -0.39 is 0 Å². The summed E-state index contributed by atoms with van der Waals surface area (Å²) < 4.78 is 1.88. The summed E-state index contributed by atoms with van der Waals surface area (Å²) in [5, 5.41) is 12.5. The van der Waals surface area contributed by atoms with Crippen LogP contribution in [0.25, 0.3) is 0 Å². The number of nitriles is 1. The minimum Gasteiger partial charge on any atom is -0.396 e. The zero-order valence-corrected chi connectivity index (χ0v) is 7.82. The average molecular weight is 178 g/mol. The molecule has 0 radical (unpaired) electrons. The van der Waals surface area contributed by atoms with Gasteiger partial charge in [-0.15, -0.1) is 0 Å². The summed E-state index contributed by atoms with van der Waals surface area (Å²) in [5.41, 5.74) is 7.38. The van der Waals surface area contributed by atoms with Crippen molar-refractivity contribution in [2.45, 2.75) is 32.7 Å². The lowest BCUT2D eigenvalue weighted by molar-refractivity contribution is 0.550. The maximum absolute atomic E-state index is 8.33. The van der Waals surface area contributed by atoms with E-state index in [1.54, 1.807) is 6.20 Å². The highest BCUT2D eigenvalue weighted by Crippen LogP contribution is 2.09. The van der Waals surface area contributed by atoms with Gasteiger partial charge in [0.15, 0.2) is 0 Å². The van der Waals surface area contributed by atoms with E-state index in [2.05, 4.69) is 11.2 Å². The fourth-order valence-electron chi connectivity index (χ4n) is 1.15. The Balaban J connectivity index is 2.38. The monoisotopic (exact) mass is 178 g/mol. The van der Waals surface area contributed by atoms with Gasteiger partial charge in [-0.2, -0.15) is 10.4 Å². The topological polar surface area (TPSA) is 67.6 Å². The first-order valence-corrected chi connectivity index (χ1v) is 4.40. The van der Waals surface area contributed by atoms with Gasteiger partial charge in [0.25, 0.3) is 0 Å². The van der Waals surface area contributed by atoms with Crippen molar-refractivity contribution in [3.8, 4) is 6.07 Å². The van der Waals surface area contributed by atoms with E-state index in [1.807, 2.05) is 11.6 Å². The van der Waals surface area contributed by atoms with Gasteiger partial charge in [0.2, 0.25) is 0 Å². The zero-order chi connectivity index (χ0) is 9.68. The van der Waals surface area contributed by atoms with Gasteiger partial charge in [-0.1, -0.05) is 0 Å². The standard InChI is InChI=1S/C9H14N4/c1-8-9(11)7-12-13(8)6-4-2-3-5-10/h7H,2-4,6,11H2,1H3. The molecule has 0 aliphatic carbocycles. The third-order valence-corrected chi connectivity index (χ3v) is 2.05. The van der Waals surface area contributed by atoms with Crippen LogP contribution < -0.4 is 5.73 Å². The molecule has 13 heavy (non-hydrogen) atoms. The summed E-state index contributed by atoms with van der Waals surface area (Å²) in [6, 6.07) is 2.12. The number of nitrogen functional groups attached to an aromatic ring is 1. The molecule has 70 valence electrons. The van der Waals surface area contributed by atoms with Crippen LogP contribution in [0.3, 0.4) is 0 Å². The van der Waals surface area contributed by atoms with Gasteiger partial charge < -0.3 is 5.73 Å². The third kappa shape index (κ3) is 2.48. The van der Waals surface area contributed by atoms with Crippen molar-refractivity contribution in [1.29, 1.82) is 5.26 Å². The van der Waals surface area contributed by atoms with E-state index in [0.717, 1.165) is 30.8 Å². The molecule has 0 fully saturated rings. The van der Waals surface area contributed by atoms with Crippen LogP contribution in [0.15, 0.2) is 6.20 Å². The highest BCUT2D eigenvalue weighted by atomic mass is 15.3. The van der Waals surface area contributed by atoms with Crippen LogP contribution in [0.2, 0.25) is 0 Å². The molecule has 0 aromatic carbocycles. The van der Waals surface area contributed by atoms with Crippen molar-refractivity contribution in [3.05, 3.63) is 11.9 Å². The Morgan fingerprint density at radius 3 is 2.92 bits per heavy atom.